The first-order chi connectivity index (χ1) is 9.52. The largest absolute Gasteiger partial charge is 0.465 e. The van der Waals surface area contributed by atoms with Crippen molar-refractivity contribution in [1.29, 1.82) is 0 Å². The smallest absolute Gasteiger partial charge is 0.340 e. The van der Waals surface area contributed by atoms with Gasteiger partial charge in [0, 0.05) is 6.07 Å². The van der Waals surface area contributed by atoms with Gasteiger partial charge in [0.1, 0.15) is 11.6 Å². The highest BCUT2D eigenvalue weighted by molar-refractivity contribution is 6.02. The number of aromatic nitrogens is 4. The molecule has 0 bridgehead atoms. The lowest BCUT2D eigenvalue weighted by atomic mass is 10.1. The van der Waals surface area contributed by atoms with E-state index in [0.29, 0.717) is 6.07 Å². The Morgan fingerprint density at radius 3 is 2.65 bits per heavy atom. The summed E-state index contributed by atoms with van der Waals surface area (Å²) in [6.07, 6.45) is 0. The zero-order valence-corrected chi connectivity index (χ0v) is 9.98. The third-order valence-corrected chi connectivity index (χ3v) is 2.26. The highest BCUT2D eigenvalue weighted by Gasteiger charge is 2.19. The van der Waals surface area contributed by atoms with Gasteiger partial charge in [-0.05, 0) is 11.3 Å². The number of carbonyl (C=O) groups excluding carboxylic acids is 2. The maximum Gasteiger partial charge on any atom is 0.340 e. The van der Waals surface area contributed by atoms with Crippen molar-refractivity contribution in [3.63, 3.8) is 0 Å². The molecular weight excluding hydrogens is 276 g/mol. The number of hydrogen-bond acceptors (Lipinski definition) is 6. The summed E-state index contributed by atoms with van der Waals surface area (Å²) in [5.74, 6) is -4.38. The zero-order chi connectivity index (χ0) is 14.7. The van der Waals surface area contributed by atoms with Gasteiger partial charge in [0.15, 0.2) is 0 Å². The van der Waals surface area contributed by atoms with Crippen LogP contribution in [-0.4, -0.2) is 39.6 Å². The van der Waals surface area contributed by atoms with Crippen LogP contribution in [0.3, 0.4) is 0 Å². The maximum atomic E-state index is 13.5. The number of anilines is 1. The molecule has 0 atom stereocenters. The Morgan fingerprint density at radius 1 is 1.30 bits per heavy atom. The molecule has 0 spiro atoms. The Hall–Kier alpha value is -2.91. The van der Waals surface area contributed by atoms with E-state index in [4.69, 9.17) is 0 Å². The van der Waals surface area contributed by atoms with E-state index in [1.807, 2.05) is 0 Å². The number of benzene rings is 1. The Balaban J connectivity index is 2.32. The molecule has 0 fully saturated rings. The highest BCUT2D eigenvalue weighted by atomic mass is 19.1. The Bertz CT molecular complexity index is 659. The molecular formula is C10H7F2N5O3. The third kappa shape index (κ3) is 2.58. The minimum atomic E-state index is -1.10. The first-order valence-electron chi connectivity index (χ1n) is 5.15. The second-order valence-electron chi connectivity index (χ2n) is 3.49. The van der Waals surface area contributed by atoms with Crippen molar-refractivity contribution in [2.75, 3.05) is 12.4 Å². The van der Waals surface area contributed by atoms with Gasteiger partial charge in [-0.2, -0.15) is 5.21 Å². The van der Waals surface area contributed by atoms with E-state index in [0.717, 1.165) is 13.2 Å². The summed E-state index contributed by atoms with van der Waals surface area (Å²) >= 11 is 0. The van der Waals surface area contributed by atoms with Crippen LogP contribution < -0.4 is 5.32 Å². The molecule has 20 heavy (non-hydrogen) atoms. The van der Waals surface area contributed by atoms with Crippen LogP contribution in [-0.2, 0) is 4.74 Å². The van der Waals surface area contributed by atoms with Gasteiger partial charge in [-0.15, -0.1) is 10.2 Å². The van der Waals surface area contributed by atoms with Crippen LogP contribution in [0, 0.1) is 11.6 Å². The molecule has 104 valence electrons. The summed E-state index contributed by atoms with van der Waals surface area (Å²) in [6.45, 7) is 0. The number of tetrazole rings is 1. The monoisotopic (exact) mass is 283 g/mol. The second-order valence-corrected chi connectivity index (χ2v) is 3.49. The number of esters is 1. The van der Waals surface area contributed by atoms with E-state index in [2.05, 4.69) is 30.7 Å². The predicted octanol–water partition coefficient (Wildman–Crippen LogP) is 0.517. The van der Waals surface area contributed by atoms with Crippen molar-refractivity contribution in [2.24, 2.45) is 0 Å². The number of halogens is 2. The lowest BCUT2D eigenvalue weighted by Gasteiger charge is -2.07. The van der Waals surface area contributed by atoms with Crippen LogP contribution in [0.25, 0.3) is 0 Å². The van der Waals surface area contributed by atoms with E-state index in [1.165, 1.54) is 0 Å². The number of ether oxygens (including phenoxy) is 1. The summed E-state index contributed by atoms with van der Waals surface area (Å²) < 4.78 is 31.2. The van der Waals surface area contributed by atoms with Crippen molar-refractivity contribution in [2.45, 2.75) is 0 Å². The van der Waals surface area contributed by atoms with Crippen LogP contribution in [0.1, 0.15) is 21.0 Å². The SMILES string of the molecule is COC(=O)c1cc(NC(=O)c2nn[nH]n2)c(F)cc1F. The summed E-state index contributed by atoms with van der Waals surface area (Å²) in [5.41, 5.74) is -0.932. The van der Waals surface area contributed by atoms with E-state index in [1.54, 1.807) is 0 Å². The van der Waals surface area contributed by atoms with Gasteiger partial charge in [-0.1, -0.05) is 0 Å². The minimum Gasteiger partial charge on any atom is -0.465 e. The average Bonchev–Trinajstić information content (AvgIpc) is 2.95. The Labute approximate surface area is 110 Å². The number of aromatic amines is 1. The number of nitrogens with zero attached hydrogens (tertiary/aromatic N) is 3. The third-order valence-electron chi connectivity index (χ3n) is 2.26. The standard InChI is InChI=1S/C10H7F2N5O3/c1-20-10(19)4-2-7(6(12)3-5(4)11)13-9(18)8-14-16-17-15-8/h2-3H,1H3,(H,13,18)(H,14,15,16,17). The van der Waals surface area contributed by atoms with Gasteiger partial charge in [0.25, 0.3) is 11.7 Å². The van der Waals surface area contributed by atoms with Gasteiger partial charge >= 0.3 is 5.97 Å². The topological polar surface area (TPSA) is 110 Å². The number of carbonyl (C=O) groups is 2. The normalized spacial score (nSPS) is 10.2. The lowest BCUT2D eigenvalue weighted by Crippen LogP contribution is -2.16. The molecule has 1 heterocycles. The van der Waals surface area contributed by atoms with E-state index >= 15 is 0 Å². The van der Waals surface area contributed by atoms with Crippen LogP contribution in [0.2, 0.25) is 0 Å². The molecule has 0 radical (unpaired) electrons. The second kappa shape index (κ2) is 5.38. The summed E-state index contributed by atoms with van der Waals surface area (Å²) in [7, 11) is 1.04. The van der Waals surface area contributed by atoms with E-state index < -0.39 is 34.8 Å². The summed E-state index contributed by atoms with van der Waals surface area (Å²) in [4.78, 5) is 22.9. The summed E-state index contributed by atoms with van der Waals surface area (Å²) in [6, 6.07) is 1.27. The van der Waals surface area contributed by atoms with Crippen molar-refractivity contribution in [1.82, 2.24) is 20.6 Å². The number of hydrogen-bond donors (Lipinski definition) is 2. The number of nitrogens with one attached hydrogen (secondary N) is 2. The minimum absolute atomic E-state index is 0.339. The van der Waals surface area contributed by atoms with Crippen LogP contribution in [0.15, 0.2) is 12.1 Å². The molecule has 1 aromatic heterocycles. The Kier molecular flexibility index (Phi) is 3.64. The lowest BCUT2D eigenvalue weighted by molar-refractivity contribution is 0.0595. The maximum absolute atomic E-state index is 13.5. The van der Waals surface area contributed by atoms with Gasteiger partial charge in [0.05, 0.1) is 18.4 Å². The Morgan fingerprint density at radius 2 is 2.05 bits per heavy atom. The molecule has 1 aromatic carbocycles. The van der Waals surface area contributed by atoms with Crippen molar-refractivity contribution >= 4 is 17.6 Å². The predicted molar refractivity (Wildman–Crippen MR) is 59.8 cm³/mol. The van der Waals surface area contributed by atoms with Crippen molar-refractivity contribution < 1.29 is 23.1 Å². The first-order valence-corrected chi connectivity index (χ1v) is 5.15. The number of H-pyrrole nitrogens is 1. The average molecular weight is 283 g/mol. The van der Waals surface area contributed by atoms with Gasteiger partial charge in [-0.25, -0.2) is 13.6 Å². The number of amides is 1. The van der Waals surface area contributed by atoms with Crippen LogP contribution >= 0.6 is 0 Å². The van der Waals surface area contributed by atoms with Crippen molar-refractivity contribution in [3.05, 3.63) is 35.2 Å². The van der Waals surface area contributed by atoms with E-state index in [-0.39, 0.29) is 5.82 Å². The quantitative estimate of drug-likeness (QED) is 0.794. The van der Waals surface area contributed by atoms with E-state index in [9.17, 15) is 18.4 Å². The molecule has 2 N–H and O–H groups in total. The van der Waals surface area contributed by atoms with Crippen LogP contribution in [0.5, 0.6) is 0 Å². The van der Waals surface area contributed by atoms with Crippen molar-refractivity contribution in [3.8, 4) is 0 Å². The molecule has 0 aliphatic carbocycles. The van der Waals surface area contributed by atoms with Gasteiger partial charge in [-0.3, -0.25) is 4.79 Å². The number of rotatable bonds is 3. The van der Waals surface area contributed by atoms with Gasteiger partial charge < -0.3 is 10.1 Å². The van der Waals surface area contributed by atoms with Crippen LogP contribution in [0.4, 0.5) is 14.5 Å². The molecule has 1 amide bonds. The fourth-order valence-electron chi connectivity index (χ4n) is 1.35. The first kappa shape index (κ1) is 13.5. The molecule has 0 aliphatic rings. The molecule has 0 saturated heterocycles. The summed E-state index contributed by atoms with van der Waals surface area (Å²) in [5, 5.41) is 14.1. The molecule has 2 rings (SSSR count). The fraction of sp³-hybridized carbons (Fsp3) is 0.100. The molecule has 0 aliphatic heterocycles. The molecule has 10 heteroatoms. The fourth-order valence-corrected chi connectivity index (χ4v) is 1.35. The molecule has 0 unspecified atom stereocenters. The molecule has 2 aromatic rings. The molecule has 0 saturated carbocycles. The number of methoxy groups -OCH3 is 1. The highest BCUT2D eigenvalue weighted by Crippen LogP contribution is 2.20. The zero-order valence-electron chi connectivity index (χ0n) is 9.98. The van der Waals surface area contributed by atoms with Gasteiger partial charge in [0.2, 0.25) is 0 Å². The molecule has 8 nitrogen and oxygen atoms in total.